The Hall–Kier alpha value is -2.69. The average molecular weight is 327 g/mol. The van der Waals surface area contributed by atoms with Gasteiger partial charge in [0, 0.05) is 13.1 Å². The molecular weight excluding hydrogens is 306 g/mol. The van der Waals surface area contributed by atoms with Crippen molar-refractivity contribution in [2.24, 2.45) is 0 Å². The number of aryl methyl sites for hydroxylation is 1. The molecule has 0 aromatic carbocycles. The highest BCUT2D eigenvalue weighted by Crippen LogP contribution is 2.20. The van der Waals surface area contributed by atoms with Crippen molar-refractivity contribution in [1.82, 2.24) is 24.6 Å². The van der Waals surface area contributed by atoms with Gasteiger partial charge in [0.05, 0.1) is 30.6 Å². The Kier molecular flexibility index (Phi) is 4.89. The molecule has 0 spiro atoms. The van der Waals surface area contributed by atoms with Crippen LogP contribution in [0.5, 0.6) is 0 Å². The van der Waals surface area contributed by atoms with Crippen molar-refractivity contribution in [3.63, 3.8) is 0 Å². The molecule has 0 aliphatic carbocycles. The van der Waals surface area contributed by atoms with Crippen LogP contribution in [0.1, 0.15) is 32.6 Å². The Morgan fingerprint density at radius 3 is 2.92 bits per heavy atom. The summed E-state index contributed by atoms with van der Waals surface area (Å²) in [6, 6.07) is 1.74. The summed E-state index contributed by atoms with van der Waals surface area (Å²) in [5, 5.41) is 16.9. The Morgan fingerprint density at radius 1 is 1.38 bits per heavy atom. The fourth-order valence-electron chi connectivity index (χ4n) is 2.98. The predicted molar refractivity (Wildman–Crippen MR) is 89.1 cm³/mol. The summed E-state index contributed by atoms with van der Waals surface area (Å²) in [7, 11) is 0. The molecule has 0 radical (unpaired) electrons. The number of piperidine rings is 1. The number of hydrogen-bond acceptors (Lipinski definition) is 6. The summed E-state index contributed by atoms with van der Waals surface area (Å²) in [4.78, 5) is 23.0. The third-order valence-electron chi connectivity index (χ3n) is 4.26. The van der Waals surface area contributed by atoms with Crippen LogP contribution in [0.3, 0.4) is 0 Å². The van der Waals surface area contributed by atoms with Crippen LogP contribution in [0.25, 0.3) is 11.0 Å². The van der Waals surface area contributed by atoms with E-state index in [1.54, 1.807) is 10.9 Å². The van der Waals surface area contributed by atoms with Crippen LogP contribution >= 0.6 is 0 Å². The summed E-state index contributed by atoms with van der Waals surface area (Å²) in [5.74, 6) is 0.694. The maximum absolute atomic E-state index is 12.5. The first-order valence-electron chi connectivity index (χ1n) is 8.29. The van der Waals surface area contributed by atoms with E-state index >= 15 is 0 Å². The van der Waals surface area contributed by atoms with Gasteiger partial charge in [-0.05, 0) is 26.2 Å². The number of nitrogens with zero attached hydrogens (tertiary/aromatic N) is 6. The lowest BCUT2D eigenvalue weighted by molar-refractivity contribution is -0.132. The molecule has 0 saturated carbocycles. The van der Waals surface area contributed by atoms with Crippen molar-refractivity contribution < 1.29 is 4.79 Å². The highest BCUT2D eigenvalue weighted by molar-refractivity contribution is 5.90. The van der Waals surface area contributed by atoms with Crippen LogP contribution in [0.4, 0.5) is 5.82 Å². The minimum Gasteiger partial charge on any atom is -0.358 e. The van der Waals surface area contributed by atoms with Gasteiger partial charge in [-0.2, -0.15) is 10.4 Å². The molecule has 0 bridgehead atoms. The zero-order chi connectivity index (χ0) is 16.9. The van der Waals surface area contributed by atoms with Crippen molar-refractivity contribution in [3.8, 4) is 6.07 Å². The number of carbonyl (C=O) groups excluding carboxylic acids is 1. The molecule has 1 amide bonds. The lowest BCUT2D eigenvalue weighted by Gasteiger charge is -2.29. The predicted octanol–water partition coefficient (Wildman–Crippen LogP) is 1.55. The van der Waals surface area contributed by atoms with Crippen LogP contribution in [-0.4, -0.2) is 49.7 Å². The molecule has 1 aliphatic heterocycles. The van der Waals surface area contributed by atoms with Crippen molar-refractivity contribution in [2.75, 3.05) is 18.4 Å². The number of amides is 1. The van der Waals surface area contributed by atoms with E-state index in [0.29, 0.717) is 24.4 Å². The van der Waals surface area contributed by atoms with Gasteiger partial charge in [0.2, 0.25) is 5.91 Å². The van der Waals surface area contributed by atoms with Crippen LogP contribution in [-0.2, 0) is 11.3 Å². The lowest BCUT2D eigenvalue weighted by atomic mass is 10.1. The third kappa shape index (κ3) is 3.30. The van der Waals surface area contributed by atoms with Crippen molar-refractivity contribution in [2.45, 2.75) is 45.2 Å². The summed E-state index contributed by atoms with van der Waals surface area (Å²) in [5.41, 5.74) is 0.667. The van der Waals surface area contributed by atoms with Crippen LogP contribution in [0.2, 0.25) is 0 Å². The second-order valence-corrected chi connectivity index (χ2v) is 5.99. The first-order chi connectivity index (χ1) is 11.7. The number of likely N-dealkylation sites (tertiary alicyclic amines) is 1. The molecule has 3 rings (SSSR count). The molecule has 2 aromatic rings. The summed E-state index contributed by atoms with van der Waals surface area (Å²) in [6.07, 6.45) is 6.83. The van der Waals surface area contributed by atoms with Crippen LogP contribution in [0.15, 0.2) is 12.5 Å². The van der Waals surface area contributed by atoms with E-state index < -0.39 is 0 Å². The van der Waals surface area contributed by atoms with Gasteiger partial charge in [0.25, 0.3) is 0 Å². The van der Waals surface area contributed by atoms with Gasteiger partial charge < -0.3 is 10.2 Å². The number of fused-ring (bicyclic) bond motifs is 1. The molecule has 24 heavy (non-hydrogen) atoms. The van der Waals surface area contributed by atoms with Gasteiger partial charge in [-0.25, -0.2) is 14.6 Å². The highest BCUT2D eigenvalue weighted by atomic mass is 16.2. The largest absolute Gasteiger partial charge is 0.358 e. The second-order valence-electron chi connectivity index (χ2n) is 5.99. The smallest absolute Gasteiger partial charge is 0.244 e. The molecule has 0 unspecified atom stereocenters. The zero-order valence-corrected chi connectivity index (χ0v) is 13.8. The van der Waals surface area contributed by atoms with E-state index in [1.165, 1.54) is 12.7 Å². The molecular formula is C16H21N7O. The van der Waals surface area contributed by atoms with Crippen molar-refractivity contribution in [3.05, 3.63) is 12.5 Å². The molecule has 1 N–H and O–H groups in total. The van der Waals surface area contributed by atoms with Gasteiger partial charge in [-0.3, -0.25) is 4.79 Å². The monoisotopic (exact) mass is 327 g/mol. The first kappa shape index (κ1) is 16.2. The minimum absolute atomic E-state index is 0.0957. The molecule has 8 nitrogen and oxygen atoms in total. The highest BCUT2D eigenvalue weighted by Gasteiger charge is 2.23. The number of nitriles is 1. The van der Waals surface area contributed by atoms with Gasteiger partial charge in [0.1, 0.15) is 18.2 Å². The first-order valence-corrected chi connectivity index (χ1v) is 8.29. The van der Waals surface area contributed by atoms with Crippen LogP contribution in [0, 0.1) is 11.3 Å². The Bertz CT molecular complexity index is 757. The second kappa shape index (κ2) is 7.25. The fraction of sp³-hybridized carbons (Fsp3) is 0.562. The molecule has 8 heteroatoms. The molecule has 1 atom stereocenters. The van der Waals surface area contributed by atoms with Gasteiger partial charge in [-0.15, -0.1) is 0 Å². The normalized spacial score (nSPS) is 15.9. The van der Waals surface area contributed by atoms with E-state index in [4.69, 9.17) is 5.26 Å². The van der Waals surface area contributed by atoms with E-state index in [-0.39, 0.29) is 11.9 Å². The molecule has 126 valence electrons. The van der Waals surface area contributed by atoms with Gasteiger partial charge in [0.15, 0.2) is 5.65 Å². The third-order valence-corrected chi connectivity index (χ3v) is 4.26. The maximum Gasteiger partial charge on any atom is 0.244 e. The lowest BCUT2D eigenvalue weighted by Crippen LogP contribution is -2.44. The number of carbonyl (C=O) groups is 1. The molecule has 2 aromatic heterocycles. The quantitative estimate of drug-likeness (QED) is 0.894. The van der Waals surface area contributed by atoms with E-state index in [0.717, 1.165) is 31.3 Å². The van der Waals surface area contributed by atoms with Gasteiger partial charge >= 0.3 is 0 Å². The Morgan fingerprint density at radius 2 is 2.17 bits per heavy atom. The molecule has 1 saturated heterocycles. The number of rotatable bonds is 5. The van der Waals surface area contributed by atoms with Crippen molar-refractivity contribution >= 4 is 22.8 Å². The molecule has 1 aliphatic rings. The number of aromatic nitrogens is 4. The standard InChI is InChI=1S/C16H21N7O/c1-12(16(24)22-7-3-2-4-8-22)21-14-13-10-20-23(9-5-6-17)15(13)19-11-18-14/h10-12H,2-5,7-9H2,1H3,(H,18,19,21)/t12-/m1/s1. The number of anilines is 1. The molecule has 1 fully saturated rings. The fourth-order valence-corrected chi connectivity index (χ4v) is 2.98. The summed E-state index contributed by atoms with van der Waals surface area (Å²) in [6.45, 7) is 4.00. The van der Waals surface area contributed by atoms with Gasteiger partial charge in [-0.1, -0.05) is 0 Å². The van der Waals surface area contributed by atoms with E-state index in [1.807, 2.05) is 11.8 Å². The topological polar surface area (TPSA) is 99.7 Å². The summed E-state index contributed by atoms with van der Waals surface area (Å²) < 4.78 is 1.68. The van der Waals surface area contributed by atoms with Crippen molar-refractivity contribution in [1.29, 1.82) is 5.26 Å². The number of hydrogen-bond donors (Lipinski definition) is 1. The Balaban J connectivity index is 1.76. The maximum atomic E-state index is 12.5. The van der Waals surface area contributed by atoms with E-state index in [2.05, 4.69) is 26.5 Å². The van der Waals surface area contributed by atoms with E-state index in [9.17, 15) is 4.79 Å². The SMILES string of the molecule is C[C@@H](Nc1ncnc2c1cnn2CCC#N)C(=O)N1CCCCC1. The average Bonchev–Trinajstić information content (AvgIpc) is 3.04. The molecule has 3 heterocycles. The minimum atomic E-state index is -0.358. The Labute approximate surface area is 140 Å². The van der Waals surface area contributed by atoms with Crippen LogP contribution < -0.4 is 5.32 Å². The zero-order valence-electron chi connectivity index (χ0n) is 13.8. The number of nitrogens with one attached hydrogen (secondary N) is 1. The summed E-state index contributed by atoms with van der Waals surface area (Å²) >= 11 is 0.